The normalized spacial score (nSPS) is 21.7. The number of nitrogens with one attached hydrogen (secondary N) is 1. The van der Waals surface area contributed by atoms with E-state index >= 15 is 0 Å². The summed E-state index contributed by atoms with van der Waals surface area (Å²) in [5, 5.41) is 2.25. The maximum Gasteiger partial charge on any atom is 0.255 e. The van der Waals surface area contributed by atoms with Crippen molar-refractivity contribution in [1.29, 1.82) is 0 Å². The van der Waals surface area contributed by atoms with E-state index < -0.39 is 11.9 Å². The van der Waals surface area contributed by atoms with Crippen molar-refractivity contribution in [3.63, 3.8) is 0 Å². The second-order valence-corrected chi connectivity index (χ2v) is 4.93. The molecule has 2 aliphatic heterocycles. The molecular weight excluding hydrogens is 260 g/mol. The van der Waals surface area contributed by atoms with Crippen LogP contribution >= 0.6 is 0 Å². The Hall–Kier alpha value is -2.50. The summed E-state index contributed by atoms with van der Waals surface area (Å²) in [6.07, 6.45) is 1.29. The molecule has 0 aliphatic carbocycles. The van der Waals surface area contributed by atoms with Crippen molar-refractivity contribution in [1.82, 2.24) is 10.2 Å². The molecule has 3 amide bonds. The maximum atomic E-state index is 12.3. The van der Waals surface area contributed by atoms with Crippen LogP contribution in [0.3, 0.4) is 0 Å². The number of piperidine rings is 1. The molecular formula is C14H12N2O4. The van der Waals surface area contributed by atoms with E-state index in [0.29, 0.717) is 24.1 Å². The lowest BCUT2D eigenvalue weighted by Gasteiger charge is -2.29. The number of carbonyl (C=O) groups excluding carboxylic acids is 4. The van der Waals surface area contributed by atoms with Gasteiger partial charge in [0.15, 0.2) is 0 Å². The summed E-state index contributed by atoms with van der Waals surface area (Å²) in [6, 6.07) is 4.23. The average molecular weight is 272 g/mol. The van der Waals surface area contributed by atoms with Gasteiger partial charge in [-0.25, -0.2) is 0 Å². The van der Waals surface area contributed by atoms with Gasteiger partial charge in [0.1, 0.15) is 12.3 Å². The van der Waals surface area contributed by atoms with Gasteiger partial charge in [-0.15, -0.1) is 0 Å². The smallest absolute Gasteiger partial charge is 0.255 e. The highest BCUT2D eigenvalue weighted by atomic mass is 16.2. The maximum absolute atomic E-state index is 12.3. The van der Waals surface area contributed by atoms with Gasteiger partial charge < -0.3 is 4.90 Å². The Balaban J connectivity index is 1.88. The minimum atomic E-state index is -0.618. The van der Waals surface area contributed by atoms with E-state index in [-0.39, 0.29) is 18.2 Å². The first-order valence-corrected chi connectivity index (χ1v) is 6.33. The third-order valence-electron chi connectivity index (χ3n) is 3.68. The van der Waals surface area contributed by atoms with E-state index in [4.69, 9.17) is 0 Å². The van der Waals surface area contributed by atoms with Crippen LogP contribution in [0.4, 0.5) is 0 Å². The third kappa shape index (κ3) is 1.89. The minimum Gasteiger partial charge on any atom is -0.322 e. The highest BCUT2D eigenvalue weighted by Crippen LogP contribution is 2.27. The van der Waals surface area contributed by atoms with Crippen molar-refractivity contribution >= 4 is 24.0 Å². The second-order valence-electron chi connectivity index (χ2n) is 4.93. The quantitative estimate of drug-likeness (QED) is 0.618. The van der Waals surface area contributed by atoms with Crippen LogP contribution in [0.5, 0.6) is 0 Å². The van der Waals surface area contributed by atoms with Gasteiger partial charge in [0.25, 0.3) is 5.91 Å². The van der Waals surface area contributed by atoms with Gasteiger partial charge in [-0.3, -0.25) is 24.5 Å². The number of amides is 3. The van der Waals surface area contributed by atoms with E-state index in [0.717, 1.165) is 11.8 Å². The zero-order chi connectivity index (χ0) is 14.3. The predicted molar refractivity (Wildman–Crippen MR) is 67.9 cm³/mol. The Morgan fingerprint density at radius 1 is 1.25 bits per heavy atom. The number of hydrogen-bond donors (Lipinski definition) is 1. The molecule has 0 aromatic heterocycles. The highest BCUT2D eigenvalue weighted by Gasteiger charge is 2.38. The molecule has 20 heavy (non-hydrogen) atoms. The van der Waals surface area contributed by atoms with Gasteiger partial charge in [0.05, 0.1) is 0 Å². The molecule has 2 aliphatic rings. The lowest BCUT2D eigenvalue weighted by Crippen LogP contribution is -2.52. The zero-order valence-corrected chi connectivity index (χ0v) is 10.6. The zero-order valence-electron chi connectivity index (χ0n) is 10.6. The largest absolute Gasteiger partial charge is 0.322 e. The fourth-order valence-electron chi connectivity index (χ4n) is 2.67. The summed E-state index contributed by atoms with van der Waals surface area (Å²) in [5.41, 5.74) is 1.76. The van der Waals surface area contributed by atoms with Crippen LogP contribution in [0, 0.1) is 0 Å². The van der Waals surface area contributed by atoms with Gasteiger partial charge >= 0.3 is 0 Å². The fraction of sp³-hybridized carbons (Fsp3) is 0.286. The van der Waals surface area contributed by atoms with Crippen LogP contribution in [0.1, 0.15) is 39.1 Å². The third-order valence-corrected chi connectivity index (χ3v) is 3.68. The topological polar surface area (TPSA) is 83.6 Å². The van der Waals surface area contributed by atoms with Gasteiger partial charge in [-0.1, -0.05) is 6.07 Å². The predicted octanol–water partition coefficient (Wildman–Crippen LogP) is 0.260. The number of imide groups is 1. The van der Waals surface area contributed by atoms with Crippen molar-refractivity contribution in [3.05, 3.63) is 34.9 Å². The Bertz CT molecular complexity index is 638. The van der Waals surface area contributed by atoms with Crippen LogP contribution < -0.4 is 5.32 Å². The van der Waals surface area contributed by atoms with Crippen molar-refractivity contribution in [2.24, 2.45) is 0 Å². The SMILES string of the molecule is O=Cc1ccc2c(c1)CN([C@@H]1CCC(=O)NC1=O)C2=O. The van der Waals surface area contributed by atoms with Crippen LogP contribution in [0.2, 0.25) is 0 Å². The molecule has 1 fully saturated rings. The number of nitrogens with zero attached hydrogens (tertiary/aromatic N) is 1. The summed E-state index contributed by atoms with van der Waals surface area (Å²) in [5.74, 6) is -0.969. The van der Waals surface area contributed by atoms with Crippen molar-refractivity contribution in [2.75, 3.05) is 0 Å². The van der Waals surface area contributed by atoms with E-state index in [1.165, 1.54) is 4.90 Å². The second kappa shape index (κ2) is 4.56. The Morgan fingerprint density at radius 2 is 2.05 bits per heavy atom. The molecule has 2 heterocycles. The molecule has 0 spiro atoms. The first kappa shape index (κ1) is 12.5. The number of fused-ring (bicyclic) bond motifs is 1. The van der Waals surface area contributed by atoms with Crippen molar-refractivity contribution in [2.45, 2.75) is 25.4 Å². The fourth-order valence-corrected chi connectivity index (χ4v) is 2.67. The van der Waals surface area contributed by atoms with Crippen molar-refractivity contribution < 1.29 is 19.2 Å². The van der Waals surface area contributed by atoms with Gasteiger partial charge in [-0.05, 0) is 24.1 Å². The molecule has 1 aromatic carbocycles. The summed E-state index contributed by atoms with van der Waals surface area (Å²) in [4.78, 5) is 47.5. The summed E-state index contributed by atoms with van der Waals surface area (Å²) in [6.45, 7) is 0.294. The molecule has 1 atom stereocenters. The minimum absolute atomic E-state index is 0.230. The molecule has 3 rings (SSSR count). The molecule has 0 saturated carbocycles. The van der Waals surface area contributed by atoms with Crippen molar-refractivity contribution in [3.8, 4) is 0 Å². The Morgan fingerprint density at radius 3 is 2.75 bits per heavy atom. The van der Waals surface area contributed by atoms with E-state index in [2.05, 4.69) is 5.32 Å². The molecule has 0 radical (unpaired) electrons. The van der Waals surface area contributed by atoms with Crippen LogP contribution in [0.15, 0.2) is 18.2 Å². The summed E-state index contributed by atoms with van der Waals surface area (Å²) >= 11 is 0. The number of benzene rings is 1. The Labute approximate surface area is 114 Å². The monoisotopic (exact) mass is 272 g/mol. The number of hydrogen-bond acceptors (Lipinski definition) is 4. The van der Waals surface area contributed by atoms with Gasteiger partial charge in [0.2, 0.25) is 11.8 Å². The average Bonchev–Trinajstić information content (AvgIpc) is 2.75. The molecule has 6 heteroatoms. The number of aldehydes is 1. The standard InChI is InChI=1S/C14H12N2O4/c17-7-8-1-2-10-9(5-8)6-16(14(10)20)11-3-4-12(18)15-13(11)19/h1-2,5,7,11H,3-4,6H2,(H,15,18,19)/t11-/m1/s1. The molecule has 6 nitrogen and oxygen atoms in total. The molecule has 1 aromatic rings. The lowest BCUT2D eigenvalue weighted by molar-refractivity contribution is -0.136. The van der Waals surface area contributed by atoms with E-state index in [1.807, 2.05) is 0 Å². The summed E-state index contributed by atoms with van der Waals surface area (Å²) < 4.78 is 0. The number of carbonyl (C=O) groups is 4. The molecule has 102 valence electrons. The van der Waals surface area contributed by atoms with Crippen LogP contribution in [-0.4, -0.2) is 34.9 Å². The molecule has 0 unspecified atom stereocenters. The van der Waals surface area contributed by atoms with E-state index in [1.54, 1.807) is 18.2 Å². The first-order chi connectivity index (χ1) is 9.60. The highest BCUT2D eigenvalue weighted by molar-refractivity contribution is 6.05. The first-order valence-electron chi connectivity index (χ1n) is 6.33. The molecule has 1 N–H and O–H groups in total. The number of rotatable bonds is 2. The van der Waals surface area contributed by atoms with E-state index in [9.17, 15) is 19.2 Å². The molecule has 0 bridgehead atoms. The summed E-state index contributed by atoms with van der Waals surface area (Å²) in [7, 11) is 0. The molecule has 1 saturated heterocycles. The van der Waals surface area contributed by atoms with Crippen LogP contribution in [-0.2, 0) is 16.1 Å². The van der Waals surface area contributed by atoms with Gasteiger partial charge in [-0.2, -0.15) is 0 Å². The Kier molecular flexibility index (Phi) is 2.85. The van der Waals surface area contributed by atoms with Gasteiger partial charge in [0, 0.05) is 24.1 Å². The van der Waals surface area contributed by atoms with Crippen LogP contribution in [0.25, 0.3) is 0 Å². The lowest BCUT2D eigenvalue weighted by atomic mass is 10.0.